The van der Waals surface area contributed by atoms with Gasteiger partial charge in [0, 0.05) is 11.8 Å². The van der Waals surface area contributed by atoms with Crippen molar-refractivity contribution in [3.05, 3.63) is 0 Å². The summed E-state index contributed by atoms with van der Waals surface area (Å²) in [4.78, 5) is 14.8. The molecule has 0 aromatic heterocycles. The third-order valence-electron chi connectivity index (χ3n) is 10.7. The molecule has 0 radical (unpaired) electrons. The standard InChI is InChI=1S/C25H41NO4S/c1-24-12-8-18(30-31(28,29)19-10-14-26(3)15-11-19)16-17(24)4-5-20-21-6-7-23(27)25(21,2)13-9-22(20)24/h17-22H,4-16H2,1-3H3. The lowest BCUT2D eigenvalue weighted by Gasteiger charge is -2.60. The summed E-state index contributed by atoms with van der Waals surface area (Å²) in [5.74, 6) is 3.03. The molecule has 0 amide bonds. The number of Topliss-reactive ketones (excluding diaryl/α,β-unsaturated/α-hetero) is 1. The van der Waals surface area contributed by atoms with Crippen LogP contribution in [0, 0.1) is 34.5 Å². The van der Waals surface area contributed by atoms with Crippen LogP contribution >= 0.6 is 0 Å². The minimum atomic E-state index is -3.48. The Balaban J connectivity index is 1.26. The zero-order valence-electron chi connectivity index (χ0n) is 19.6. The van der Waals surface area contributed by atoms with Crippen LogP contribution in [0.25, 0.3) is 0 Å². The second kappa shape index (κ2) is 7.80. The van der Waals surface area contributed by atoms with E-state index in [4.69, 9.17) is 4.18 Å². The number of carbonyl (C=O) groups excluding carboxylic acids is 1. The highest BCUT2D eigenvalue weighted by Crippen LogP contribution is 2.65. The molecule has 1 aliphatic heterocycles. The van der Waals surface area contributed by atoms with Crippen molar-refractivity contribution in [2.45, 2.75) is 95.8 Å². The van der Waals surface area contributed by atoms with Gasteiger partial charge in [0.1, 0.15) is 5.78 Å². The SMILES string of the molecule is CN1CCC(S(=O)(=O)OC2CCC3(C)C(CCC4C5CCC(=O)C5(C)CCC43)C2)CC1. The van der Waals surface area contributed by atoms with Crippen LogP contribution in [0.1, 0.15) is 84.5 Å². The second-order valence-corrected chi connectivity index (χ2v) is 13.9. The third kappa shape index (κ3) is 3.63. The normalized spacial score (nSPS) is 46.9. The zero-order valence-corrected chi connectivity index (χ0v) is 20.5. The van der Waals surface area contributed by atoms with Crippen LogP contribution in [0.15, 0.2) is 0 Å². The molecule has 4 aliphatic carbocycles. The first-order valence-electron chi connectivity index (χ1n) is 12.8. The molecule has 0 spiro atoms. The summed E-state index contributed by atoms with van der Waals surface area (Å²) in [7, 11) is -1.42. The van der Waals surface area contributed by atoms with E-state index < -0.39 is 10.1 Å². The molecular formula is C25H41NO4S. The fourth-order valence-corrected chi connectivity index (χ4v) is 10.1. The fourth-order valence-electron chi connectivity index (χ4n) is 8.62. The van der Waals surface area contributed by atoms with Crippen molar-refractivity contribution in [2.24, 2.45) is 34.5 Å². The molecule has 7 unspecified atom stereocenters. The Hall–Kier alpha value is -0.460. The van der Waals surface area contributed by atoms with Gasteiger partial charge >= 0.3 is 0 Å². The molecule has 1 heterocycles. The zero-order chi connectivity index (χ0) is 22.0. The molecule has 31 heavy (non-hydrogen) atoms. The van der Waals surface area contributed by atoms with E-state index >= 15 is 0 Å². The van der Waals surface area contributed by atoms with Crippen LogP contribution in [0.3, 0.4) is 0 Å². The lowest BCUT2D eigenvalue weighted by Crippen LogP contribution is -2.54. The Bertz CT molecular complexity index is 819. The van der Waals surface area contributed by atoms with Gasteiger partial charge in [0.25, 0.3) is 10.1 Å². The quantitative estimate of drug-likeness (QED) is 0.595. The molecule has 1 saturated heterocycles. The lowest BCUT2D eigenvalue weighted by atomic mass is 9.45. The van der Waals surface area contributed by atoms with Crippen molar-refractivity contribution in [1.29, 1.82) is 0 Å². The predicted molar refractivity (Wildman–Crippen MR) is 121 cm³/mol. The van der Waals surface area contributed by atoms with E-state index in [2.05, 4.69) is 25.8 Å². The smallest absolute Gasteiger partial charge is 0.270 e. The lowest BCUT2D eigenvalue weighted by molar-refractivity contribution is -0.141. The third-order valence-corrected chi connectivity index (χ3v) is 12.5. The van der Waals surface area contributed by atoms with Gasteiger partial charge in [0.2, 0.25) is 0 Å². The molecule has 0 aromatic rings. The van der Waals surface area contributed by atoms with Gasteiger partial charge in [-0.2, -0.15) is 8.42 Å². The highest BCUT2D eigenvalue weighted by atomic mass is 32.2. The van der Waals surface area contributed by atoms with Crippen molar-refractivity contribution in [1.82, 2.24) is 4.90 Å². The summed E-state index contributed by atoms with van der Waals surface area (Å²) in [6.45, 7) is 6.40. The van der Waals surface area contributed by atoms with Crippen LogP contribution in [-0.4, -0.2) is 50.6 Å². The molecule has 5 rings (SSSR count). The Morgan fingerprint density at radius 3 is 2.42 bits per heavy atom. The number of rotatable bonds is 3. The first-order valence-corrected chi connectivity index (χ1v) is 14.2. The average molecular weight is 452 g/mol. The number of hydrogen-bond acceptors (Lipinski definition) is 5. The minimum Gasteiger partial charge on any atom is -0.306 e. The fraction of sp³-hybridized carbons (Fsp3) is 0.960. The van der Waals surface area contributed by atoms with Crippen LogP contribution in [0.2, 0.25) is 0 Å². The van der Waals surface area contributed by atoms with E-state index in [-0.39, 0.29) is 22.2 Å². The first kappa shape index (κ1) is 22.3. The number of carbonyl (C=O) groups is 1. The summed E-state index contributed by atoms with van der Waals surface area (Å²) < 4.78 is 31.8. The first-order chi connectivity index (χ1) is 14.6. The predicted octanol–water partition coefficient (Wildman–Crippen LogP) is 4.41. The summed E-state index contributed by atoms with van der Waals surface area (Å²) >= 11 is 0. The molecule has 7 atom stereocenters. The van der Waals surface area contributed by atoms with E-state index in [1.807, 2.05) is 0 Å². The number of hydrogen-bond donors (Lipinski definition) is 0. The molecule has 6 heteroatoms. The average Bonchev–Trinajstić information content (AvgIpc) is 3.03. The van der Waals surface area contributed by atoms with Gasteiger partial charge in [-0.1, -0.05) is 13.8 Å². The number of nitrogens with zero attached hydrogens (tertiary/aromatic N) is 1. The largest absolute Gasteiger partial charge is 0.306 e. The molecule has 5 aliphatic rings. The molecule has 5 fully saturated rings. The second-order valence-electron chi connectivity index (χ2n) is 12.1. The molecule has 0 aromatic carbocycles. The van der Waals surface area contributed by atoms with Crippen molar-refractivity contribution in [3.8, 4) is 0 Å². The highest BCUT2D eigenvalue weighted by molar-refractivity contribution is 7.87. The van der Waals surface area contributed by atoms with E-state index in [1.54, 1.807) is 0 Å². The van der Waals surface area contributed by atoms with Crippen molar-refractivity contribution >= 4 is 15.9 Å². The van der Waals surface area contributed by atoms with Crippen molar-refractivity contribution in [2.75, 3.05) is 20.1 Å². The van der Waals surface area contributed by atoms with Gasteiger partial charge in [0.15, 0.2) is 0 Å². The maximum absolute atomic E-state index is 12.9. The number of piperidine rings is 1. The monoisotopic (exact) mass is 451 g/mol. The summed E-state index contributed by atoms with van der Waals surface area (Å²) in [5, 5.41) is -0.330. The van der Waals surface area contributed by atoms with Crippen molar-refractivity contribution in [3.63, 3.8) is 0 Å². The van der Waals surface area contributed by atoms with Gasteiger partial charge in [-0.3, -0.25) is 8.98 Å². The van der Waals surface area contributed by atoms with Gasteiger partial charge in [0.05, 0.1) is 11.4 Å². The molecule has 0 bridgehead atoms. The topological polar surface area (TPSA) is 63.7 Å². The maximum atomic E-state index is 12.9. The Kier molecular flexibility index (Phi) is 5.62. The maximum Gasteiger partial charge on any atom is 0.270 e. The Labute approximate surface area is 188 Å². The van der Waals surface area contributed by atoms with Crippen LogP contribution in [-0.2, 0) is 19.1 Å². The minimum absolute atomic E-state index is 0.0627. The van der Waals surface area contributed by atoms with Gasteiger partial charge in [-0.15, -0.1) is 0 Å². The van der Waals surface area contributed by atoms with Crippen LogP contribution < -0.4 is 0 Å². The summed E-state index contributed by atoms with van der Waals surface area (Å²) in [5.41, 5.74) is 0.222. The van der Waals surface area contributed by atoms with E-state index in [9.17, 15) is 13.2 Å². The Morgan fingerprint density at radius 2 is 1.68 bits per heavy atom. The van der Waals surface area contributed by atoms with E-state index in [1.165, 1.54) is 19.3 Å². The highest BCUT2D eigenvalue weighted by Gasteiger charge is 2.60. The van der Waals surface area contributed by atoms with Crippen LogP contribution in [0.4, 0.5) is 0 Å². The van der Waals surface area contributed by atoms with E-state index in [0.29, 0.717) is 42.3 Å². The number of likely N-dealkylation sites (tertiary alicyclic amines) is 1. The van der Waals surface area contributed by atoms with Crippen molar-refractivity contribution < 1.29 is 17.4 Å². The molecular weight excluding hydrogens is 410 g/mol. The van der Waals surface area contributed by atoms with Gasteiger partial charge < -0.3 is 4.90 Å². The molecule has 176 valence electrons. The summed E-state index contributed by atoms with van der Waals surface area (Å²) in [6, 6.07) is 0. The van der Waals surface area contributed by atoms with E-state index in [0.717, 1.165) is 51.6 Å². The van der Waals surface area contributed by atoms with Gasteiger partial charge in [-0.05, 0) is 113 Å². The number of fused-ring (bicyclic) bond motifs is 5. The molecule has 0 N–H and O–H groups in total. The van der Waals surface area contributed by atoms with Crippen LogP contribution in [0.5, 0.6) is 0 Å². The molecule has 5 nitrogen and oxygen atoms in total. The summed E-state index contributed by atoms with van der Waals surface area (Å²) in [6.07, 6.45) is 10.6. The Morgan fingerprint density at radius 1 is 0.935 bits per heavy atom. The molecule has 4 saturated carbocycles. The van der Waals surface area contributed by atoms with Gasteiger partial charge in [-0.25, -0.2) is 0 Å². The number of ketones is 1.